The summed E-state index contributed by atoms with van der Waals surface area (Å²) >= 11 is 9.45. The maximum atomic E-state index is 11.9. The molecule has 3 aromatic rings. The monoisotopic (exact) mass is 389 g/mol. The number of anilines is 1. The van der Waals surface area contributed by atoms with Crippen molar-refractivity contribution < 1.29 is 9.53 Å². The summed E-state index contributed by atoms with van der Waals surface area (Å²) in [5, 5.41) is 5.38. The summed E-state index contributed by atoms with van der Waals surface area (Å²) in [4.78, 5) is 11.9. The summed E-state index contributed by atoms with van der Waals surface area (Å²) in [7, 11) is 0. The summed E-state index contributed by atoms with van der Waals surface area (Å²) < 4.78 is 6.58. The standard InChI is InChI=1S/C18H13BrClNO2/c19-14-7-5-13-10-15(8-6-12(13)9-14)23-11-18(22)21-17-4-2-1-3-16(17)20/h1-10H,11H2,(H,21,22). The van der Waals surface area contributed by atoms with Gasteiger partial charge >= 0.3 is 0 Å². The van der Waals surface area contributed by atoms with Crippen LogP contribution in [0.3, 0.4) is 0 Å². The van der Waals surface area contributed by atoms with Gasteiger partial charge in [-0.05, 0) is 47.2 Å². The maximum absolute atomic E-state index is 11.9. The number of halogens is 2. The fourth-order valence-corrected chi connectivity index (χ4v) is 2.74. The van der Waals surface area contributed by atoms with E-state index in [1.807, 2.05) is 48.5 Å². The number of carbonyl (C=O) groups excluding carboxylic acids is 1. The number of nitrogens with one attached hydrogen (secondary N) is 1. The number of amides is 1. The number of benzene rings is 3. The Morgan fingerprint density at radius 2 is 1.78 bits per heavy atom. The Balaban J connectivity index is 1.65. The molecule has 0 saturated heterocycles. The lowest BCUT2D eigenvalue weighted by molar-refractivity contribution is -0.118. The molecule has 3 aromatic carbocycles. The molecule has 0 aliphatic rings. The topological polar surface area (TPSA) is 38.3 Å². The SMILES string of the molecule is O=C(COc1ccc2cc(Br)ccc2c1)Nc1ccccc1Cl. The van der Waals surface area contributed by atoms with Crippen LogP contribution >= 0.6 is 27.5 Å². The highest BCUT2D eigenvalue weighted by atomic mass is 79.9. The number of hydrogen-bond donors (Lipinski definition) is 1. The molecule has 0 aliphatic carbocycles. The number of rotatable bonds is 4. The summed E-state index contributed by atoms with van der Waals surface area (Å²) in [5.74, 6) is 0.392. The summed E-state index contributed by atoms with van der Waals surface area (Å²) in [6.07, 6.45) is 0. The Bertz CT molecular complexity index is 867. The summed E-state index contributed by atoms with van der Waals surface area (Å²) in [5.41, 5.74) is 0.575. The highest BCUT2D eigenvalue weighted by Crippen LogP contribution is 2.24. The second kappa shape index (κ2) is 7.02. The molecule has 0 aliphatic heterocycles. The van der Waals surface area contributed by atoms with E-state index >= 15 is 0 Å². The van der Waals surface area contributed by atoms with Crippen LogP contribution in [0, 0.1) is 0 Å². The van der Waals surface area contributed by atoms with Crippen molar-refractivity contribution in [3.8, 4) is 5.75 Å². The zero-order valence-corrected chi connectivity index (χ0v) is 14.4. The van der Waals surface area contributed by atoms with Gasteiger partial charge in [-0.3, -0.25) is 4.79 Å². The summed E-state index contributed by atoms with van der Waals surface area (Å²) in [6.45, 7) is -0.0761. The predicted molar refractivity (Wildman–Crippen MR) is 97.2 cm³/mol. The highest BCUT2D eigenvalue weighted by Gasteiger charge is 2.06. The van der Waals surface area contributed by atoms with E-state index in [0.29, 0.717) is 16.5 Å². The van der Waals surface area contributed by atoms with Crippen LogP contribution < -0.4 is 10.1 Å². The first-order valence-corrected chi connectivity index (χ1v) is 8.15. The fraction of sp³-hybridized carbons (Fsp3) is 0.0556. The van der Waals surface area contributed by atoms with Gasteiger partial charge in [-0.2, -0.15) is 0 Å². The molecule has 3 rings (SSSR count). The van der Waals surface area contributed by atoms with Crippen molar-refractivity contribution in [3.05, 3.63) is 70.2 Å². The third-order valence-electron chi connectivity index (χ3n) is 3.29. The van der Waals surface area contributed by atoms with Crippen molar-refractivity contribution in [2.75, 3.05) is 11.9 Å². The van der Waals surface area contributed by atoms with Gasteiger partial charge in [0.1, 0.15) is 5.75 Å². The van der Waals surface area contributed by atoms with Crippen LogP contribution in [0.4, 0.5) is 5.69 Å². The fourth-order valence-electron chi connectivity index (χ4n) is 2.18. The molecule has 116 valence electrons. The van der Waals surface area contributed by atoms with Crippen LogP contribution in [0.25, 0.3) is 10.8 Å². The number of carbonyl (C=O) groups is 1. The van der Waals surface area contributed by atoms with Crippen molar-refractivity contribution >= 4 is 49.9 Å². The number of para-hydroxylation sites is 1. The first-order chi connectivity index (χ1) is 11.1. The van der Waals surface area contributed by atoms with E-state index in [4.69, 9.17) is 16.3 Å². The van der Waals surface area contributed by atoms with Crippen LogP contribution in [0.1, 0.15) is 0 Å². The number of hydrogen-bond acceptors (Lipinski definition) is 2. The molecule has 0 heterocycles. The van der Waals surface area contributed by atoms with Gasteiger partial charge in [-0.25, -0.2) is 0 Å². The molecule has 1 N–H and O–H groups in total. The van der Waals surface area contributed by atoms with Gasteiger partial charge < -0.3 is 10.1 Å². The van der Waals surface area contributed by atoms with Crippen LogP contribution in [0.2, 0.25) is 5.02 Å². The van der Waals surface area contributed by atoms with Crippen LogP contribution in [-0.4, -0.2) is 12.5 Å². The van der Waals surface area contributed by atoms with E-state index in [-0.39, 0.29) is 12.5 Å². The molecule has 0 fully saturated rings. The van der Waals surface area contributed by atoms with Crippen LogP contribution in [0.5, 0.6) is 5.75 Å². The van der Waals surface area contributed by atoms with Gasteiger partial charge in [-0.1, -0.05) is 51.8 Å². The lowest BCUT2D eigenvalue weighted by Crippen LogP contribution is -2.20. The average Bonchev–Trinajstić information content (AvgIpc) is 2.55. The zero-order valence-electron chi connectivity index (χ0n) is 12.1. The third-order valence-corrected chi connectivity index (χ3v) is 4.11. The van der Waals surface area contributed by atoms with Gasteiger partial charge in [-0.15, -0.1) is 0 Å². The molecule has 0 unspecified atom stereocenters. The summed E-state index contributed by atoms with van der Waals surface area (Å²) in [6, 6.07) is 18.8. The molecule has 3 nitrogen and oxygen atoms in total. The first-order valence-electron chi connectivity index (χ1n) is 6.98. The van der Waals surface area contributed by atoms with E-state index in [1.165, 1.54) is 0 Å². The third kappa shape index (κ3) is 4.03. The van der Waals surface area contributed by atoms with Crippen LogP contribution in [-0.2, 0) is 4.79 Å². The predicted octanol–water partition coefficient (Wildman–Crippen LogP) is 5.27. The largest absolute Gasteiger partial charge is 0.484 e. The maximum Gasteiger partial charge on any atom is 0.262 e. The molecule has 0 atom stereocenters. The van der Waals surface area contributed by atoms with Crippen molar-refractivity contribution in [2.45, 2.75) is 0 Å². The Labute approximate surface area is 147 Å². The van der Waals surface area contributed by atoms with Crippen molar-refractivity contribution in [2.24, 2.45) is 0 Å². The smallest absolute Gasteiger partial charge is 0.262 e. The van der Waals surface area contributed by atoms with E-state index in [9.17, 15) is 4.79 Å². The van der Waals surface area contributed by atoms with E-state index in [2.05, 4.69) is 21.2 Å². The van der Waals surface area contributed by atoms with Gasteiger partial charge in [0, 0.05) is 4.47 Å². The first kappa shape index (κ1) is 15.8. The van der Waals surface area contributed by atoms with Gasteiger partial charge in [0.15, 0.2) is 6.61 Å². The quantitative estimate of drug-likeness (QED) is 0.659. The molecule has 0 radical (unpaired) electrons. The lowest BCUT2D eigenvalue weighted by Gasteiger charge is -2.09. The van der Waals surface area contributed by atoms with Gasteiger partial charge in [0.2, 0.25) is 0 Å². The van der Waals surface area contributed by atoms with E-state index in [1.54, 1.807) is 12.1 Å². The number of ether oxygens (including phenoxy) is 1. The molecule has 1 amide bonds. The Morgan fingerprint density at radius 3 is 2.61 bits per heavy atom. The van der Waals surface area contributed by atoms with Crippen molar-refractivity contribution in [1.82, 2.24) is 0 Å². The minimum atomic E-state index is -0.256. The second-order valence-corrected chi connectivity index (χ2v) is 6.29. The Kier molecular flexibility index (Phi) is 4.84. The van der Waals surface area contributed by atoms with E-state index < -0.39 is 0 Å². The van der Waals surface area contributed by atoms with Gasteiger partial charge in [0.25, 0.3) is 5.91 Å². The minimum Gasteiger partial charge on any atom is -0.484 e. The van der Waals surface area contributed by atoms with Crippen LogP contribution in [0.15, 0.2) is 65.1 Å². The molecule has 0 saturated carbocycles. The zero-order chi connectivity index (χ0) is 16.2. The highest BCUT2D eigenvalue weighted by molar-refractivity contribution is 9.10. The minimum absolute atomic E-state index is 0.0761. The average molecular weight is 391 g/mol. The van der Waals surface area contributed by atoms with Crippen molar-refractivity contribution in [3.63, 3.8) is 0 Å². The molecule has 23 heavy (non-hydrogen) atoms. The Morgan fingerprint density at radius 1 is 1.04 bits per heavy atom. The molecule has 0 aromatic heterocycles. The molecular weight excluding hydrogens is 378 g/mol. The molecular formula is C18H13BrClNO2. The van der Waals surface area contributed by atoms with Crippen molar-refractivity contribution in [1.29, 1.82) is 0 Å². The normalized spacial score (nSPS) is 10.5. The lowest BCUT2D eigenvalue weighted by atomic mass is 10.1. The molecule has 0 bridgehead atoms. The van der Waals surface area contributed by atoms with E-state index in [0.717, 1.165) is 15.2 Å². The Hall–Kier alpha value is -2.04. The number of fused-ring (bicyclic) bond motifs is 1. The molecule has 5 heteroatoms. The second-order valence-electron chi connectivity index (χ2n) is 4.97. The van der Waals surface area contributed by atoms with Gasteiger partial charge in [0.05, 0.1) is 10.7 Å². The molecule has 0 spiro atoms.